The van der Waals surface area contributed by atoms with E-state index in [1.807, 2.05) is 11.8 Å². The molecule has 130 valence electrons. The zero-order chi connectivity index (χ0) is 16.1. The van der Waals surface area contributed by atoms with Gasteiger partial charge < -0.3 is 15.4 Å². The van der Waals surface area contributed by atoms with Crippen LogP contribution in [0.3, 0.4) is 0 Å². The Morgan fingerprint density at radius 2 is 2.09 bits per heavy atom. The number of rotatable bonds is 5. The van der Waals surface area contributed by atoms with Gasteiger partial charge in [-0.2, -0.15) is 0 Å². The molecule has 1 fully saturated rings. The van der Waals surface area contributed by atoms with Gasteiger partial charge in [0.2, 0.25) is 5.91 Å². The number of hydrogen-bond acceptors (Lipinski definition) is 3. The maximum absolute atomic E-state index is 13.6. The van der Waals surface area contributed by atoms with Crippen molar-refractivity contribution >= 4 is 18.3 Å². The summed E-state index contributed by atoms with van der Waals surface area (Å²) in [4.78, 5) is 14.1. The van der Waals surface area contributed by atoms with Crippen LogP contribution in [0.15, 0.2) is 18.2 Å². The number of likely N-dealkylation sites (tertiary alicyclic amines) is 1. The number of nitrogens with zero attached hydrogens (tertiary/aromatic N) is 1. The number of carbonyl (C=O) groups is 1. The molecular weight excluding hydrogens is 319 g/mol. The van der Waals surface area contributed by atoms with E-state index in [9.17, 15) is 9.18 Å². The van der Waals surface area contributed by atoms with Crippen molar-refractivity contribution in [3.63, 3.8) is 0 Å². The van der Waals surface area contributed by atoms with E-state index in [0.717, 1.165) is 31.5 Å². The normalized spacial score (nSPS) is 16.6. The van der Waals surface area contributed by atoms with E-state index < -0.39 is 0 Å². The number of aryl methyl sites for hydroxylation is 1. The van der Waals surface area contributed by atoms with Crippen molar-refractivity contribution in [1.29, 1.82) is 0 Å². The zero-order valence-corrected chi connectivity index (χ0v) is 14.6. The number of halogens is 2. The topological polar surface area (TPSA) is 55.6 Å². The molecule has 0 aliphatic carbocycles. The van der Waals surface area contributed by atoms with Gasteiger partial charge >= 0.3 is 0 Å². The van der Waals surface area contributed by atoms with E-state index in [-0.39, 0.29) is 35.9 Å². The molecule has 4 nitrogen and oxygen atoms in total. The van der Waals surface area contributed by atoms with Crippen LogP contribution in [0, 0.1) is 11.7 Å². The molecule has 1 aliphatic heterocycles. The predicted molar refractivity (Wildman–Crippen MR) is 91.5 cm³/mol. The summed E-state index contributed by atoms with van der Waals surface area (Å²) >= 11 is 0. The highest BCUT2D eigenvalue weighted by molar-refractivity contribution is 5.85. The first-order valence-electron chi connectivity index (χ1n) is 7.87. The van der Waals surface area contributed by atoms with Gasteiger partial charge in [0.05, 0.1) is 7.11 Å². The minimum atomic E-state index is -0.384. The number of benzene rings is 1. The third-order valence-electron chi connectivity index (χ3n) is 4.48. The molecule has 0 spiro atoms. The maximum atomic E-state index is 13.6. The third-order valence-corrected chi connectivity index (χ3v) is 4.48. The lowest BCUT2D eigenvalue weighted by Gasteiger charge is -2.33. The van der Waals surface area contributed by atoms with Crippen molar-refractivity contribution < 1.29 is 13.9 Å². The van der Waals surface area contributed by atoms with E-state index in [1.54, 1.807) is 12.1 Å². The number of hydrogen-bond donors (Lipinski definition) is 1. The van der Waals surface area contributed by atoms with E-state index in [2.05, 4.69) is 0 Å². The highest BCUT2D eigenvalue weighted by atomic mass is 35.5. The van der Waals surface area contributed by atoms with Crippen LogP contribution in [-0.2, 0) is 11.2 Å². The fourth-order valence-electron chi connectivity index (χ4n) is 2.95. The molecule has 1 amide bonds. The highest BCUT2D eigenvalue weighted by Crippen LogP contribution is 2.21. The third kappa shape index (κ3) is 5.36. The van der Waals surface area contributed by atoms with Crippen LogP contribution < -0.4 is 10.5 Å². The molecule has 0 bridgehead atoms. The Labute approximate surface area is 143 Å². The van der Waals surface area contributed by atoms with Crippen molar-refractivity contribution in [1.82, 2.24) is 4.90 Å². The first kappa shape index (κ1) is 19.7. The summed E-state index contributed by atoms with van der Waals surface area (Å²) in [6, 6.07) is 5.04. The van der Waals surface area contributed by atoms with Gasteiger partial charge in [0.15, 0.2) is 11.6 Å². The van der Waals surface area contributed by atoms with Gasteiger partial charge in [0.25, 0.3) is 0 Å². The van der Waals surface area contributed by atoms with Crippen molar-refractivity contribution in [2.45, 2.75) is 38.6 Å². The van der Waals surface area contributed by atoms with Gasteiger partial charge in [-0.3, -0.25) is 4.79 Å². The lowest BCUT2D eigenvalue weighted by Crippen LogP contribution is -2.42. The van der Waals surface area contributed by atoms with Crippen LogP contribution >= 0.6 is 12.4 Å². The van der Waals surface area contributed by atoms with E-state index in [1.165, 1.54) is 13.2 Å². The summed E-state index contributed by atoms with van der Waals surface area (Å²) in [6.45, 7) is 3.59. The molecule has 1 aromatic rings. The first-order valence-corrected chi connectivity index (χ1v) is 7.87. The average Bonchev–Trinajstić information content (AvgIpc) is 2.52. The number of carbonyl (C=O) groups excluding carboxylic acids is 1. The van der Waals surface area contributed by atoms with Crippen LogP contribution in [0.1, 0.15) is 31.7 Å². The van der Waals surface area contributed by atoms with Crippen LogP contribution in [0.2, 0.25) is 0 Å². The molecule has 0 radical (unpaired) electrons. The molecule has 6 heteroatoms. The fourth-order valence-corrected chi connectivity index (χ4v) is 2.95. The molecule has 23 heavy (non-hydrogen) atoms. The lowest BCUT2D eigenvalue weighted by molar-refractivity contribution is -0.132. The SMILES string of the molecule is COc1ccc(CCC(=O)N2CCC(C(C)N)CC2)cc1F.Cl. The van der Waals surface area contributed by atoms with E-state index in [0.29, 0.717) is 18.8 Å². The van der Waals surface area contributed by atoms with Gasteiger partial charge in [-0.15, -0.1) is 12.4 Å². The summed E-state index contributed by atoms with van der Waals surface area (Å²) in [5, 5.41) is 0. The maximum Gasteiger partial charge on any atom is 0.222 e. The van der Waals surface area contributed by atoms with Gasteiger partial charge in [-0.1, -0.05) is 6.07 Å². The summed E-state index contributed by atoms with van der Waals surface area (Å²) in [6.07, 6.45) is 2.91. The molecule has 2 N–H and O–H groups in total. The quantitative estimate of drug-likeness (QED) is 0.893. The second kappa shape index (κ2) is 9.08. The van der Waals surface area contributed by atoms with Gasteiger partial charge in [0.1, 0.15) is 0 Å². The first-order chi connectivity index (χ1) is 10.5. The van der Waals surface area contributed by atoms with Crippen LogP contribution in [-0.4, -0.2) is 37.0 Å². The highest BCUT2D eigenvalue weighted by Gasteiger charge is 2.24. The standard InChI is InChI=1S/C17H25FN2O2.ClH/c1-12(19)14-7-9-20(10-8-14)17(21)6-4-13-3-5-16(22-2)15(18)11-13;/h3,5,11-12,14H,4,6-10,19H2,1-2H3;1H. The second-order valence-electron chi connectivity index (χ2n) is 6.05. The Morgan fingerprint density at radius 3 is 2.61 bits per heavy atom. The van der Waals surface area contributed by atoms with E-state index >= 15 is 0 Å². The Morgan fingerprint density at radius 1 is 1.43 bits per heavy atom. The number of methoxy groups -OCH3 is 1. The van der Waals surface area contributed by atoms with Crippen molar-refractivity contribution in [2.75, 3.05) is 20.2 Å². The minimum absolute atomic E-state index is 0. The summed E-state index contributed by atoms with van der Waals surface area (Å²) < 4.78 is 18.5. The molecular formula is C17H26ClFN2O2. The number of amides is 1. The number of piperidine rings is 1. The fraction of sp³-hybridized carbons (Fsp3) is 0.588. The van der Waals surface area contributed by atoms with Gasteiger partial charge in [-0.05, 0) is 49.8 Å². The lowest BCUT2D eigenvalue weighted by atomic mass is 9.91. The van der Waals surface area contributed by atoms with E-state index in [4.69, 9.17) is 10.5 Å². The Balaban J connectivity index is 0.00000264. The Kier molecular flexibility index (Phi) is 7.79. The van der Waals surface area contributed by atoms with Crippen LogP contribution in [0.5, 0.6) is 5.75 Å². The average molecular weight is 345 g/mol. The molecule has 1 unspecified atom stereocenters. The Bertz CT molecular complexity index is 517. The molecule has 1 saturated heterocycles. The zero-order valence-electron chi connectivity index (χ0n) is 13.8. The van der Waals surface area contributed by atoms with Crippen molar-refractivity contribution in [3.8, 4) is 5.75 Å². The molecule has 1 heterocycles. The molecule has 1 atom stereocenters. The largest absolute Gasteiger partial charge is 0.494 e. The predicted octanol–water partition coefficient (Wildman–Crippen LogP) is 2.77. The molecule has 1 aromatic carbocycles. The number of nitrogens with two attached hydrogens (primary N) is 1. The number of ether oxygens (including phenoxy) is 1. The molecule has 0 saturated carbocycles. The molecule has 1 aliphatic rings. The van der Waals surface area contributed by atoms with Crippen molar-refractivity contribution in [3.05, 3.63) is 29.6 Å². The van der Waals surface area contributed by atoms with Crippen LogP contribution in [0.25, 0.3) is 0 Å². The summed E-state index contributed by atoms with van der Waals surface area (Å²) in [5.74, 6) is 0.498. The van der Waals surface area contributed by atoms with Crippen molar-refractivity contribution in [2.24, 2.45) is 11.7 Å². The monoisotopic (exact) mass is 344 g/mol. The van der Waals surface area contributed by atoms with Gasteiger partial charge in [-0.25, -0.2) is 4.39 Å². The van der Waals surface area contributed by atoms with Crippen LogP contribution in [0.4, 0.5) is 4.39 Å². The minimum Gasteiger partial charge on any atom is -0.494 e. The second-order valence-corrected chi connectivity index (χ2v) is 6.05. The molecule has 2 rings (SSSR count). The Hall–Kier alpha value is -1.33. The summed E-state index contributed by atoms with van der Waals surface area (Å²) in [7, 11) is 1.44. The smallest absolute Gasteiger partial charge is 0.222 e. The molecule has 0 aromatic heterocycles. The summed E-state index contributed by atoms with van der Waals surface area (Å²) in [5.41, 5.74) is 6.73. The van der Waals surface area contributed by atoms with Gasteiger partial charge in [0, 0.05) is 25.6 Å².